The second-order valence-electron chi connectivity index (χ2n) is 8.10. The predicted molar refractivity (Wildman–Crippen MR) is 136 cm³/mol. The summed E-state index contributed by atoms with van der Waals surface area (Å²) < 4.78 is 17.5. The summed E-state index contributed by atoms with van der Waals surface area (Å²) in [5.41, 5.74) is 1.54. The molecule has 0 saturated heterocycles. The van der Waals surface area contributed by atoms with E-state index in [-0.39, 0.29) is 23.7 Å². The zero-order valence-electron chi connectivity index (χ0n) is 20.6. The molecule has 0 unspecified atom stereocenters. The van der Waals surface area contributed by atoms with Gasteiger partial charge in [0.05, 0.1) is 28.5 Å². The van der Waals surface area contributed by atoms with Crippen LogP contribution >= 0.6 is 11.3 Å². The SMILES string of the molecule is CCOC(=O)C1=C(C)N=c2s/c(=C\c3ccc(OC(C)=O)cc3OC(C)=O)c(=O)n2[C@@H]1c1ccccc1. The van der Waals surface area contributed by atoms with Crippen molar-refractivity contribution in [1.29, 1.82) is 0 Å². The van der Waals surface area contributed by atoms with E-state index < -0.39 is 23.9 Å². The number of nitrogens with zero attached hydrogens (tertiary/aromatic N) is 2. The van der Waals surface area contributed by atoms with E-state index in [0.29, 0.717) is 26.2 Å². The van der Waals surface area contributed by atoms with Gasteiger partial charge in [-0.25, -0.2) is 9.79 Å². The Morgan fingerprint density at radius 2 is 1.76 bits per heavy atom. The Kier molecular flexibility index (Phi) is 7.49. The predicted octanol–water partition coefficient (Wildman–Crippen LogP) is 2.65. The van der Waals surface area contributed by atoms with Crippen molar-refractivity contribution in [3.8, 4) is 11.5 Å². The summed E-state index contributed by atoms with van der Waals surface area (Å²) in [5, 5.41) is 0. The van der Waals surface area contributed by atoms with Crippen molar-refractivity contribution < 1.29 is 28.6 Å². The molecule has 0 fully saturated rings. The molecule has 2 heterocycles. The van der Waals surface area contributed by atoms with Crippen LogP contribution in [-0.4, -0.2) is 29.1 Å². The zero-order chi connectivity index (χ0) is 26.7. The number of aromatic nitrogens is 1. The minimum absolute atomic E-state index is 0.125. The third-order valence-corrected chi connectivity index (χ3v) is 6.40. The highest BCUT2D eigenvalue weighted by Crippen LogP contribution is 2.31. The van der Waals surface area contributed by atoms with Gasteiger partial charge in [0.25, 0.3) is 5.56 Å². The van der Waals surface area contributed by atoms with Gasteiger partial charge in [-0.15, -0.1) is 0 Å². The number of benzene rings is 2. The fourth-order valence-corrected chi connectivity index (χ4v) is 5.03. The number of hydrogen-bond acceptors (Lipinski definition) is 9. The second kappa shape index (κ2) is 10.8. The van der Waals surface area contributed by atoms with E-state index in [1.165, 1.54) is 30.5 Å². The van der Waals surface area contributed by atoms with Crippen molar-refractivity contribution in [3.05, 3.63) is 90.6 Å². The second-order valence-corrected chi connectivity index (χ2v) is 9.11. The summed E-state index contributed by atoms with van der Waals surface area (Å²) in [6.45, 7) is 6.12. The Hall–Kier alpha value is -4.31. The quantitative estimate of drug-likeness (QED) is 0.363. The van der Waals surface area contributed by atoms with E-state index in [1.807, 2.05) is 30.3 Å². The monoisotopic (exact) mass is 520 g/mol. The van der Waals surface area contributed by atoms with Crippen LogP contribution in [-0.2, 0) is 19.1 Å². The van der Waals surface area contributed by atoms with E-state index in [2.05, 4.69) is 4.99 Å². The fraction of sp³-hybridized carbons (Fsp3) is 0.222. The molecule has 3 aromatic rings. The first-order chi connectivity index (χ1) is 17.7. The molecular formula is C27H24N2O7S. The lowest BCUT2D eigenvalue weighted by Crippen LogP contribution is -2.39. The van der Waals surface area contributed by atoms with Crippen LogP contribution in [0.4, 0.5) is 0 Å². The molecule has 1 aliphatic rings. The summed E-state index contributed by atoms with van der Waals surface area (Å²) in [4.78, 5) is 54.6. The molecule has 0 spiro atoms. The first-order valence-electron chi connectivity index (χ1n) is 11.4. The van der Waals surface area contributed by atoms with Crippen molar-refractivity contribution in [1.82, 2.24) is 4.57 Å². The molecule has 1 aromatic heterocycles. The molecule has 0 aliphatic carbocycles. The average molecular weight is 521 g/mol. The fourth-order valence-electron chi connectivity index (χ4n) is 3.99. The molecule has 1 atom stereocenters. The lowest BCUT2D eigenvalue weighted by atomic mass is 9.96. The number of hydrogen-bond donors (Lipinski definition) is 0. The molecule has 2 aromatic carbocycles. The van der Waals surface area contributed by atoms with Crippen LogP contribution in [0.3, 0.4) is 0 Å². The normalized spacial score (nSPS) is 15.0. The number of allylic oxidation sites excluding steroid dienone is 1. The van der Waals surface area contributed by atoms with Gasteiger partial charge in [0.15, 0.2) is 4.80 Å². The Morgan fingerprint density at radius 1 is 1.05 bits per heavy atom. The first-order valence-corrected chi connectivity index (χ1v) is 12.3. The third kappa shape index (κ3) is 5.44. The van der Waals surface area contributed by atoms with E-state index in [9.17, 15) is 19.2 Å². The van der Waals surface area contributed by atoms with Gasteiger partial charge in [-0.3, -0.25) is 19.0 Å². The van der Waals surface area contributed by atoms with Gasteiger partial charge in [-0.2, -0.15) is 0 Å². The molecule has 1 aliphatic heterocycles. The minimum Gasteiger partial charge on any atom is -0.463 e. The summed E-state index contributed by atoms with van der Waals surface area (Å²) in [5.74, 6) is -1.32. The zero-order valence-corrected chi connectivity index (χ0v) is 21.5. The number of rotatable bonds is 6. The first kappa shape index (κ1) is 25.8. The van der Waals surface area contributed by atoms with Crippen LogP contribution in [0.1, 0.15) is 44.9 Å². The third-order valence-electron chi connectivity index (χ3n) is 5.42. The van der Waals surface area contributed by atoms with Gasteiger partial charge < -0.3 is 14.2 Å². The Balaban J connectivity index is 1.91. The van der Waals surface area contributed by atoms with E-state index >= 15 is 0 Å². The Morgan fingerprint density at radius 3 is 2.41 bits per heavy atom. The smallest absolute Gasteiger partial charge is 0.338 e. The lowest BCUT2D eigenvalue weighted by Gasteiger charge is -2.24. The van der Waals surface area contributed by atoms with Crippen LogP contribution < -0.4 is 24.4 Å². The highest BCUT2D eigenvalue weighted by molar-refractivity contribution is 7.07. The van der Waals surface area contributed by atoms with Crippen molar-refractivity contribution in [2.24, 2.45) is 4.99 Å². The van der Waals surface area contributed by atoms with Gasteiger partial charge in [0, 0.05) is 25.5 Å². The topological polar surface area (TPSA) is 113 Å². The number of thiazole rings is 1. The highest BCUT2D eigenvalue weighted by atomic mass is 32.1. The molecule has 190 valence electrons. The Bertz CT molecular complexity index is 1600. The van der Waals surface area contributed by atoms with Gasteiger partial charge in [0.1, 0.15) is 11.5 Å². The minimum atomic E-state index is -0.724. The molecule has 0 radical (unpaired) electrons. The van der Waals surface area contributed by atoms with E-state index in [1.54, 1.807) is 26.0 Å². The number of carbonyl (C=O) groups is 3. The van der Waals surface area contributed by atoms with Gasteiger partial charge >= 0.3 is 17.9 Å². The number of ether oxygens (including phenoxy) is 3. The van der Waals surface area contributed by atoms with Gasteiger partial charge in [-0.05, 0) is 37.6 Å². The van der Waals surface area contributed by atoms with Crippen LogP contribution in [0.2, 0.25) is 0 Å². The van der Waals surface area contributed by atoms with Crippen LogP contribution in [0.5, 0.6) is 11.5 Å². The van der Waals surface area contributed by atoms with Crippen LogP contribution in [0.25, 0.3) is 6.08 Å². The van der Waals surface area contributed by atoms with E-state index in [0.717, 1.165) is 16.9 Å². The lowest BCUT2D eigenvalue weighted by molar-refractivity contribution is -0.139. The van der Waals surface area contributed by atoms with Crippen molar-refractivity contribution in [2.45, 2.75) is 33.7 Å². The summed E-state index contributed by atoms with van der Waals surface area (Å²) in [6, 6.07) is 13.0. The highest BCUT2D eigenvalue weighted by Gasteiger charge is 2.33. The molecule has 9 nitrogen and oxygen atoms in total. The molecule has 0 N–H and O–H groups in total. The number of carbonyl (C=O) groups excluding carboxylic acids is 3. The molecule has 10 heteroatoms. The number of fused-ring (bicyclic) bond motifs is 1. The van der Waals surface area contributed by atoms with Crippen molar-refractivity contribution in [2.75, 3.05) is 6.61 Å². The average Bonchev–Trinajstić information content (AvgIpc) is 3.14. The summed E-state index contributed by atoms with van der Waals surface area (Å²) in [6.07, 6.45) is 1.57. The van der Waals surface area contributed by atoms with E-state index in [4.69, 9.17) is 14.2 Å². The number of esters is 3. The summed E-state index contributed by atoms with van der Waals surface area (Å²) in [7, 11) is 0. The summed E-state index contributed by atoms with van der Waals surface area (Å²) >= 11 is 1.14. The molecule has 0 bridgehead atoms. The van der Waals surface area contributed by atoms with Crippen LogP contribution in [0, 0.1) is 0 Å². The van der Waals surface area contributed by atoms with Crippen LogP contribution in [0.15, 0.2) is 69.6 Å². The maximum absolute atomic E-state index is 13.7. The molecule has 4 rings (SSSR count). The van der Waals surface area contributed by atoms with Gasteiger partial charge in [-0.1, -0.05) is 41.7 Å². The molecule has 0 amide bonds. The standard InChI is InChI=1S/C27H24N2O7S/c1-5-34-26(33)23-15(2)28-27-29(24(23)18-9-7-6-8-10-18)25(32)22(37-27)13-19-11-12-20(35-16(3)30)14-21(19)36-17(4)31/h6-14,24H,5H2,1-4H3/b22-13-/t24-/m1/s1. The molecular weight excluding hydrogens is 496 g/mol. The molecule has 0 saturated carbocycles. The molecule has 37 heavy (non-hydrogen) atoms. The van der Waals surface area contributed by atoms with Gasteiger partial charge in [0.2, 0.25) is 0 Å². The maximum Gasteiger partial charge on any atom is 0.338 e. The maximum atomic E-state index is 13.7. The van der Waals surface area contributed by atoms with Crippen molar-refractivity contribution in [3.63, 3.8) is 0 Å². The largest absolute Gasteiger partial charge is 0.463 e. The Labute approximate surface area is 215 Å². The van der Waals surface area contributed by atoms with Crippen molar-refractivity contribution >= 4 is 35.3 Å².